The molecule has 0 atom stereocenters. The summed E-state index contributed by atoms with van der Waals surface area (Å²) in [6, 6.07) is 9.70. The van der Waals surface area contributed by atoms with Crippen LogP contribution in [0.2, 0.25) is 10.0 Å². The van der Waals surface area contributed by atoms with E-state index in [2.05, 4.69) is 9.44 Å². The summed E-state index contributed by atoms with van der Waals surface area (Å²) in [5.74, 6) is 0. The number of benzene rings is 2. The zero-order valence-corrected chi connectivity index (χ0v) is 14.9. The summed E-state index contributed by atoms with van der Waals surface area (Å²) < 4.78 is 51.4. The predicted octanol–water partition coefficient (Wildman–Crippen LogP) is 3.17. The highest BCUT2D eigenvalue weighted by atomic mass is 35.5. The Morgan fingerprint density at radius 3 is 1.78 bits per heavy atom. The molecule has 0 saturated carbocycles. The molecule has 0 fully saturated rings. The summed E-state index contributed by atoms with van der Waals surface area (Å²) in [5, 5.41) is 0.379. The van der Waals surface area contributed by atoms with Gasteiger partial charge >= 0.3 is 0 Å². The zero-order chi connectivity index (χ0) is 17.3. The van der Waals surface area contributed by atoms with Crippen LogP contribution < -0.4 is 9.44 Å². The third-order valence-electron chi connectivity index (χ3n) is 2.64. The van der Waals surface area contributed by atoms with Gasteiger partial charge in [-0.05, 0) is 42.5 Å². The number of hydrogen-bond donors (Lipinski definition) is 2. The maximum Gasteiger partial charge on any atom is 0.261 e. The highest BCUT2D eigenvalue weighted by molar-refractivity contribution is 7.92. The van der Waals surface area contributed by atoms with E-state index in [0.717, 1.165) is 6.26 Å². The molecule has 0 amide bonds. The monoisotopic (exact) mass is 394 g/mol. The maximum absolute atomic E-state index is 12.3. The van der Waals surface area contributed by atoms with Crippen LogP contribution in [0.15, 0.2) is 47.4 Å². The van der Waals surface area contributed by atoms with Crippen molar-refractivity contribution < 1.29 is 16.8 Å². The first-order chi connectivity index (χ1) is 10.6. The van der Waals surface area contributed by atoms with E-state index in [1.165, 1.54) is 42.5 Å². The number of anilines is 2. The smallest absolute Gasteiger partial charge is 0.261 e. The van der Waals surface area contributed by atoms with Crippen LogP contribution in [0, 0.1) is 0 Å². The topological polar surface area (TPSA) is 92.3 Å². The molecule has 0 aliphatic carbocycles. The van der Waals surface area contributed by atoms with Crippen LogP contribution in [0.5, 0.6) is 0 Å². The minimum absolute atomic E-state index is 0.0368. The van der Waals surface area contributed by atoms with Crippen molar-refractivity contribution in [3.8, 4) is 0 Å². The highest BCUT2D eigenvalue weighted by Crippen LogP contribution is 2.26. The average molecular weight is 395 g/mol. The van der Waals surface area contributed by atoms with Crippen LogP contribution in [0.3, 0.4) is 0 Å². The van der Waals surface area contributed by atoms with E-state index in [9.17, 15) is 16.8 Å². The van der Waals surface area contributed by atoms with Gasteiger partial charge in [0.25, 0.3) is 10.0 Å². The molecular weight excluding hydrogens is 383 g/mol. The van der Waals surface area contributed by atoms with Crippen molar-refractivity contribution in [3.05, 3.63) is 52.5 Å². The summed E-state index contributed by atoms with van der Waals surface area (Å²) in [7, 11) is -7.23. The quantitative estimate of drug-likeness (QED) is 0.814. The fourth-order valence-corrected chi connectivity index (χ4v) is 3.69. The molecule has 0 aliphatic heterocycles. The lowest BCUT2D eigenvalue weighted by Gasteiger charge is -2.10. The number of nitrogens with one attached hydrogen (secondary N) is 2. The molecule has 0 spiro atoms. The molecule has 0 aliphatic rings. The molecule has 2 aromatic rings. The van der Waals surface area contributed by atoms with E-state index in [1.807, 2.05) is 0 Å². The molecule has 2 aromatic carbocycles. The molecular formula is C13H12Cl2N2O4S2. The summed E-state index contributed by atoms with van der Waals surface area (Å²) in [5.41, 5.74) is 0.597. The van der Waals surface area contributed by atoms with Crippen molar-refractivity contribution in [3.63, 3.8) is 0 Å². The molecule has 0 heterocycles. The lowest BCUT2D eigenvalue weighted by Crippen LogP contribution is -2.13. The molecule has 0 bridgehead atoms. The second kappa shape index (κ2) is 6.56. The van der Waals surface area contributed by atoms with E-state index in [-0.39, 0.29) is 20.6 Å². The maximum atomic E-state index is 12.3. The van der Waals surface area contributed by atoms with Crippen molar-refractivity contribution in [2.24, 2.45) is 0 Å². The van der Waals surface area contributed by atoms with Gasteiger partial charge in [-0.3, -0.25) is 9.44 Å². The Bertz CT molecular complexity index is 927. The fraction of sp³-hybridized carbons (Fsp3) is 0.0769. The Balaban J connectivity index is 2.22. The van der Waals surface area contributed by atoms with Crippen molar-refractivity contribution in [1.82, 2.24) is 0 Å². The minimum Gasteiger partial charge on any atom is -0.284 e. The van der Waals surface area contributed by atoms with Gasteiger partial charge in [0.15, 0.2) is 0 Å². The van der Waals surface area contributed by atoms with Crippen LogP contribution in [0.4, 0.5) is 11.4 Å². The van der Waals surface area contributed by atoms with Gasteiger partial charge in [-0.2, -0.15) is 0 Å². The third-order valence-corrected chi connectivity index (χ3v) is 5.37. The Kier molecular flexibility index (Phi) is 5.10. The van der Waals surface area contributed by atoms with Gasteiger partial charge in [-0.1, -0.05) is 23.2 Å². The fourth-order valence-electron chi connectivity index (χ4n) is 1.68. The van der Waals surface area contributed by atoms with Gasteiger partial charge in [0.1, 0.15) is 0 Å². The Morgan fingerprint density at radius 1 is 0.783 bits per heavy atom. The second-order valence-corrected chi connectivity index (χ2v) is 8.88. The van der Waals surface area contributed by atoms with Gasteiger partial charge in [0.05, 0.1) is 21.2 Å². The highest BCUT2D eigenvalue weighted by Gasteiger charge is 2.15. The van der Waals surface area contributed by atoms with Crippen molar-refractivity contribution in [2.45, 2.75) is 4.90 Å². The summed E-state index contributed by atoms with van der Waals surface area (Å²) in [4.78, 5) is -0.0368. The molecule has 2 rings (SSSR count). The van der Waals surface area contributed by atoms with Gasteiger partial charge < -0.3 is 0 Å². The Hall–Kier alpha value is -1.48. The van der Waals surface area contributed by atoms with Crippen molar-refractivity contribution in [2.75, 3.05) is 15.7 Å². The minimum atomic E-state index is -3.83. The number of rotatable bonds is 5. The number of hydrogen-bond acceptors (Lipinski definition) is 4. The Labute approximate surface area is 144 Å². The summed E-state index contributed by atoms with van der Waals surface area (Å²) >= 11 is 11.6. The first-order valence-corrected chi connectivity index (χ1v) is 10.3. The predicted molar refractivity (Wildman–Crippen MR) is 92.2 cm³/mol. The van der Waals surface area contributed by atoms with E-state index < -0.39 is 20.0 Å². The van der Waals surface area contributed by atoms with Gasteiger partial charge in [0, 0.05) is 11.4 Å². The lowest BCUT2D eigenvalue weighted by molar-refractivity contribution is 0.600. The second-order valence-electron chi connectivity index (χ2n) is 4.63. The zero-order valence-electron chi connectivity index (χ0n) is 11.7. The normalized spacial score (nSPS) is 12.0. The van der Waals surface area contributed by atoms with Crippen molar-refractivity contribution >= 4 is 54.6 Å². The summed E-state index contributed by atoms with van der Waals surface area (Å²) in [6.07, 6.45) is 1.02. The van der Waals surface area contributed by atoms with Gasteiger partial charge in [0.2, 0.25) is 10.0 Å². The van der Waals surface area contributed by atoms with E-state index >= 15 is 0 Å². The van der Waals surface area contributed by atoms with Crippen LogP contribution in [-0.2, 0) is 20.0 Å². The van der Waals surface area contributed by atoms with Crippen molar-refractivity contribution in [1.29, 1.82) is 0 Å². The molecule has 0 aromatic heterocycles. The lowest BCUT2D eigenvalue weighted by atomic mass is 10.3. The third kappa shape index (κ3) is 5.00. The van der Waals surface area contributed by atoms with E-state index in [1.54, 1.807) is 0 Å². The summed E-state index contributed by atoms with van der Waals surface area (Å²) in [6.45, 7) is 0. The molecule has 0 unspecified atom stereocenters. The van der Waals surface area contributed by atoms with Crippen LogP contribution >= 0.6 is 23.2 Å². The molecule has 6 nitrogen and oxygen atoms in total. The standard InChI is InChI=1S/C13H12Cl2N2O4S2/c1-22(18,19)16-9-2-4-10(5-3-9)17-23(20,21)11-6-7-12(14)13(15)8-11/h2-8,16-17H,1H3. The SMILES string of the molecule is CS(=O)(=O)Nc1ccc(NS(=O)(=O)c2ccc(Cl)c(Cl)c2)cc1. The average Bonchev–Trinajstić information content (AvgIpc) is 2.42. The van der Waals surface area contributed by atoms with Crippen LogP contribution in [-0.4, -0.2) is 23.1 Å². The Morgan fingerprint density at radius 2 is 1.30 bits per heavy atom. The molecule has 0 saturated heterocycles. The number of sulfonamides is 2. The van der Waals surface area contributed by atoms with Crippen LogP contribution in [0.1, 0.15) is 0 Å². The molecule has 2 N–H and O–H groups in total. The molecule has 10 heteroatoms. The van der Waals surface area contributed by atoms with Crippen LogP contribution in [0.25, 0.3) is 0 Å². The molecule has 124 valence electrons. The molecule has 23 heavy (non-hydrogen) atoms. The first kappa shape index (κ1) is 17.9. The first-order valence-electron chi connectivity index (χ1n) is 6.12. The molecule has 0 radical (unpaired) electrons. The number of halogens is 2. The van der Waals surface area contributed by atoms with E-state index in [4.69, 9.17) is 23.2 Å². The van der Waals surface area contributed by atoms with Gasteiger partial charge in [-0.25, -0.2) is 16.8 Å². The van der Waals surface area contributed by atoms with Gasteiger partial charge in [-0.15, -0.1) is 0 Å². The van der Waals surface area contributed by atoms with E-state index in [0.29, 0.717) is 5.69 Å². The largest absolute Gasteiger partial charge is 0.284 e.